The molecule has 1 aromatic carbocycles. The first kappa shape index (κ1) is 16.5. The molecule has 0 bridgehead atoms. The van der Waals surface area contributed by atoms with Crippen molar-refractivity contribution in [2.24, 2.45) is 0 Å². The first-order valence-corrected chi connectivity index (χ1v) is 7.65. The fraction of sp³-hybridized carbons (Fsp3) is 0.500. The number of nitro benzene ring substituents is 1. The van der Waals surface area contributed by atoms with E-state index in [2.05, 4.69) is 4.72 Å². The lowest BCUT2D eigenvalue weighted by atomic mass is 10.2. The predicted octanol–water partition coefficient (Wildman–Crippen LogP) is 1.34. The van der Waals surface area contributed by atoms with E-state index >= 15 is 0 Å². The summed E-state index contributed by atoms with van der Waals surface area (Å²) in [4.78, 5) is 9.96. The van der Waals surface area contributed by atoms with Crippen molar-refractivity contribution in [1.82, 2.24) is 4.72 Å². The van der Waals surface area contributed by atoms with Crippen LogP contribution in [0.3, 0.4) is 0 Å². The Hall–Kier alpha value is -1.51. The van der Waals surface area contributed by atoms with Crippen LogP contribution in [0.2, 0.25) is 0 Å². The average Bonchev–Trinajstić information content (AvgIpc) is 2.34. The highest BCUT2D eigenvalue weighted by Crippen LogP contribution is 2.21. The minimum atomic E-state index is -3.78. The third kappa shape index (κ3) is 4.55. The summed E-state index contributed by atoms with van der Waals surface area (Å²) in [5.74, 6) is 0. The van der Waals surface area contributed by atoms with Gasteiger partial charge >= 0.3 is 0 Å². The standard InChI is InChI=1S/C12H18N2O5S/c1-9-5-6-11(14(16)17)8-12(9)20(18,19)13-7-3-4-10(2)15/h5-6,8,10,13,15H,3-4,7H2,1-2H3. The molecule has 0 spiro atoms. The molecule has 0 aliphatic carbocycles. The molecule has 0 fully saturated rings. The van der Waals surface area contributed by atoms with Gasteiger partial charge in [-0.2, -0.15) is 0 Å². The number of rotatable bonds is 7. The van der Waals surface area contributed by atoms with Crippen molar-refractivity contribution in [3.05, 3.63) is 33.9 Å². The summed E-state index contributed by atoms with van der Waals surface area (Å²) in [5, 5.41) is 19.8. The fourth-order valence-corrected chi connectivity index (χ4v) is 3.01. The first-order chi connectivity index (χ1) is 9.24. The molecule has 0 radical (unpaired) electrons. The molecule has 20 heavy (non-hydrogen) atoms. The molecule has 0 saturated carbocycles. The number of nitro groups is 1. The van der Waals surface area contributed by atoms with Gasteiger partial charge in [0, 0.05) is 18.7 Å². The fourth-order valence-electron chi connectivity index (χ4n) is 1.67. The summed E-state index contributed by atoms with van der Waals surface area (Å²) in [6, 6.07) is 3.72. The van der Waals surface area contributed by atoms with Gasteiger partial charge < -0.3 is 5.11 Å². The molecule has 0 heterocycles. The molecule has 1 rings (SSSR count). The third-order valence-electron chi connectivity index (χ3n) is 2.76. The number of nitrogens with one attached hydrogen (secondary N) is 1. The SMILES string of the molecule is Cc1ccc([N+](=O)[O-])cc1S(=O)(=O)NCCCC(C)O. The van der Waals surface area contributed by atoms with Crippen molar-refractivity contribution in [1.29, 1.82) is 0 Å². The largest absolute Gasteiger partial charge is 0.393 e. The minimum absolute atomic E-state index is 0.0938. The Labute approximate surface area is 117 Å². The second-order valence-electron chi connectivity index (χ2n) is 4.60. The summed E-state index contributed by atoms with van der Waals surface area (Å²) >= 11 is 0. The maximum Gasteiger partial charge on any atom is 0.270 e. The van der Waals surface area contributed by atoms with E-state index < -0.39 is 21.1 Å². The second kappa shape index (κ2) is 6.78. The lowest BCUT2D eigenvalue weighted by molar-refractivity contribution is -0.385. The summed E-state index contributed by atoms with van der Waals surface area (Å²) in [6.45, 7) is 3.38. The summed E-state index contributed by atoms with van der Waals surface area (Å²) in [7, 11) is -3.78. The monoisotopic (exact) mass is 302 g/mol. The molecule has 0 saturated heterocycles. The van der Waals surface area contributed by atoms with Crippen LogP contribution in [-0.4, -0.2) is 31.1 Å². The van der Waals surface area contributed by atoms with Crippen molar-refractivity contribution in [3.63, 3.8) is 0 Å². The summed E-state index contributed by atoms with van der Waals surface area (Å²) < 4.78 is 26.5. The number of aliphatic hydroxyl groups is 1. The number of hydrogen-bond acceptors (Lipinski definition) is 5. The number of sulfonamides is 1. The topological polar surface area (TPSA) is 110 Å². The smallest absolute Gasteiger partial charge is 0.270 e. The number of benzene rings is 1. The Bertz CT molecular complexity index is 584. The Balaban J connectivity index is 2.86. The minimum Gasteiger partial charge on any atom is -0.393 e. The van der Waals surface area contributed by atoms with Crippen LogP contribution < -0.4 is 4.72 Å². The van der Waals surface area contributed by atoms with Crippen molar-refractivity contribution in [2.75, 3.05) is 6.54 Å². The quantitative estimate of drug-likeness (QED) is 0.449. The van der Waals surface area contributed by atoms with E-state index in [0.29, 0.717) is 18.4 Å². The molecule has 0 aliphatic heterocycles. The van der Waals surface area contributed by atoms with Gasteiger partial charge in [0.15, 0.2) is 0 Å². The van der Waals surface area contributed by atoms with Crippen molar-refractivity contribution in [3.8, 4) is 0 Å². The molecule has 112 valence electrons. The Morgan fingerprint density at radius 1 is 1.45 bits per heavy atom. The summed E-state index contributed by atoms with van der Waals surface area (Å²) in [5.41, 5.74) is 0.179. The lowest BCUT2D eigenvalue weighted by Gasteiger charge is -2.09. The number of aliphatic hydroxyl groups excluding tert-OH is 1. The number of aryl methyl sites for hydroxylation is 1. The van der Waals surface area contributed by atoms with Gasteiger partial charge in [0.05, 0.1) is 15.9 Å². The van der Waals surface area contributed by atoms with Gasteiger partial charge in [0.1, 0.15) is 0 Å². The molecule has 1 unspecified atom stereocenters. The zero-order valence-corrected chi connectivity index (χ0v) is 12.2. The van der Waals surface area contributed by atoms with E-state index in [0.717, 1.165) is 6.07 Å². The number of hydrogen-bond donors (Lipinski definition) is 2. The molecular weight excluding hydrogens is 284 g/mol. The van der Waals surface area contributed by atoms with E-state index in [1.165, 1.54) is 12.1 Å². The van der Waals surface area contributed by atoms with Crippen molar-refractivity contribution >= 4 is 15.7 Å². The zero-order valence-electron chi connectivity index (χ0n) is 11.4. The molecule has 2 N–H and O–H groups in total. The number of nitrogens with zero attached hydrogens (tertiary/aromatic N) is 1. The Morgan fingerprint density at radius 3 is 2.65 bits per heavy atom. The highest BCUT2D eigenvalue weighted by molar-refractivity contribution is 7.89. The molecular formula is C12H18N2O5S. The second-order valence-corrected chi connectivity index (χ2v) is 6.33. The molecule has 0 amide bonds. The van der Waals surface area contributed by atoms with Crippen LogP contribution in [0, 0.1) is 17.0 Å². The van der Waals surface area contributed by atoms with Gasteiger partial charge in [-0.1, -0.05) is 6.07 Å². The van der Waals surface area contributed by atoms with Crippen LogP contribution in [0.15, 0.2) is 23.1 Å². The molecule has 1 aromatic rings. The van der Waals surface area contributed by atoms with Gasteiger partial charge in [-0.3, -0.25) is 10.1 Å². The van der Waals surface area contributed by atoms with E-state index in [1.54, 1.807) is 13.8 Å². The molecule has 0 aromatic heterocycles. The predicted molar refractivity (Wildman–Crippen MR) is 73.9 cm³/mol. The van der Waals surface area contributed by atoms with Crippen LogP contribution in [0.4, 0.5) is 5.69 Å². The van der Waals surface area contributed by atoms with E-state index in [1.807, 2.05) is 0 Å². The van der Waals surface area contributed by atoms with E-state index in [-0.39, 0.29) is 17.1 Å². The average molecular weight is 302 g/mol. The molecule has 0 aliphatic rings. The Kier molecular flexibility index (Phi) is 5.61. The van der Waals surface area contributed by atoms with Crippen LogP contribution in [-0.2, 0) is 10.0 Å². The van der Waals surface area contributed by atoms with Crippen molar-refractivity contribution in [2.45, 2.75) is 37.7 Å². The van der Waals surface area contributed by atoms with Gasteiger partial charge in [0.25, 0.3) is 5.69 Å². The van der Waals surface area contributed by atoms with Crippen LogP contribution in [0.5, 0.6) is 0 Å². The first-order valence-electron chi connectivity index (χ1n) is 6.17. The van der Waals surface area contributed by atoms with Gasteiger partial charge in [-0.25, -0.2) is 13.1 Å². The Morgan fingerprint density at radius 2 is 2.10 bits per heavy atom. The van der Waals surface area contributed by atoms with Gasteiger partial charge in [-0.15, -0.1) is 0 Å². The van der Waals surface area contributed by atoms with Crippen LogP contribution >= 0.6 is 0 Å². The van der Waals surface area contributed by atoms with E-state index in [9.17, 15) is 18.5 Å². The lowest BCUT2D eigenvalue weighted by Crippen LogP contribution is -2.26. The molecule has 1 atom stereocenters. The zero-order chi connectivity index (χ0) is 15.3. The highest BCUT2D eigenvalue weighted by atomic mass is 32.2. The maximum atomic E-state index is 12.1. The maximum absolute atomic E-state index is 12.1. The molecule has 7 nitrogen and oxygen atoms in total. The molecule has 8 heteroatoms. The van der Waals surface area contributed by atoms with Crippen molar-refractivity contribution < 1.29 is 18.4 Å². The normalized spacial score (nSPS) is 13.2. The highest BCUT2D eigenvalue weighted by Gasteiger charge is 2.19. The third-order valence-corrected chi connectivity index (χ3v) is 4.37. The van der Waals surface area contributed by atoms with Crippen LogP contribution in [0.25, 0.3) is 0 Å². The van der Waals surface area contributed by atoms with Gasteiger partial charge in [-0.05, 0) is 32.3 Å². The van der Waals surface area contributed by atoms with Gasteiger partial charge in [0.2, 0.25) is 10.0 Å². The van der Waals surface area contributed by atoms with Crippen LogP contribution in [0.1, 0.15) is 25.3 Å². The number of non-ortho nitro benzene ring substituents is 1. The summed E-state index contributed by atoms with van der Waals surface area (Å²) in [6.07, 6.45) is 0.487. The van der Waals surface area contributed by atoms with E-state index in [4.69, 9.17) is 5.11 Å².